The molecule has 0 N–H and O–H groups in total. The minimum atomic E-state index is -0.295. The lowest BCUT2D eigenvalue weighted by Gasteiger charge is -2.33. The van der Waals surface area contributed by atoms with Crippen LogP contribution in [0.4, 0.5) is 16.0 Å². The molecule has 1 amide bonds. The monoisotopic (exact) mass is 442 g/mol. The van der Waals surface area contributed by atoms with Gasteiger partial charge >= 0.3 is 0 Å². The van der Waals surface area contributed by atoms with Gasteiger partial charge in [0, 0.05) is 31.4 Å². The number of amides is 1. The van der Waals surface area contributed by atoms with Gasteiger partial charge in [-0.1, -0.05) is 12.1 Å². The van der Waals surface area contributed by atoms with Crippen molar-refractivity contribution in [3.63, 3.8) is 0 Å². The number of fused-ring (bicyclic) bond motifs is 3. The zero-order chi connectivity index (χ0) is 22.5. The highest BCUT2D eigenvalue weighted by molar-refractivity contribution is 6.07. The number of halogens is 1. The highest BCUT2D eigenvalue weighted by Crippen LogP contribution is 2.33. The summed E-state index contributed by atoms with van der Waals surface area (Å²) in [6.45, 7) is 1.17. The molecular weight excluding hydrogens is 419 g/mol. The molecule has 3 heterocycles. The Balaban J connectivity index is 1.46. The topological polar surface area (TPSA) is 67.2 Å². The van der Waals surface area contributed by atoms with Crippen LogP contribution in [0.2, 0.25) is 0 Å². The van der Waals surface area contributed by atoms with Crippen LogP contribution >= 0.6 is 0 Å². The van der Waals surface area contributed by atoms with Crippen LogP contribution in [0, 0.1) is 5.82 Å². The van der Waals surface area contributed by atoms with Crippen molar-refractivity contribution in [1.82, 2.24) is 19.7 Å². The van der Waals surface area contributed by atoms with E-state index in [1.807, 2.05) is 40.9 Å². The number of rotatable bonds is 2. The molecule has 33 heavy (non-hydrogen) atoms. The van der Waals surface area contributed by atoms with Crippen LogP contribution in [0.1, 0.15) is 34.6 Å². The summed E-state index contributed by atoms with van der Waals surface area (Å²) >= 11 is 0. The fraction of sp³-hybridized carbons (Fsp3) is 0.280. The predicted molar refractivity (Wildman–Crippen MR) is 125 cm³/mol. The van der Waals surface area contributed by atoms with E-state index in [1.54, 1.807) is 17.0 Å². The molecular formula is C25H23FN6O. The zero-order valence-electron chi connectivity index (χ0n) is 18.3. The third kappa shape index (κ3) is 3.25. The minimum Gasteiger partial charge on any atom is -0.355 e. The van der Waals surface area contributed by atoms with Crippen LogP contribution in [0.5, 0.6) is 0 Å². The van der Waals surface area contributed by atoms with Crippen molar-refractivity contribution < 1.29 is 9.18 Å². The molecule has 7 nitrogen and oxygen atoms in total. The van der Waals surface area contributed by atoms with Crippen LogP contribution in [-0.4, -0.2) is 45.8 Å². The molecule has 0 fully saturated rings. The van der Waals surface area contributed by atoms with Gasteiger partial charge in [-0.2, -0.15) is 5.10 Å². The number of carbonyl (C=O) groups is 1. The van der Waals surface area contributed by atoms with Gasteiger partial charge in [0.15, 0.2) is 17.3 Å². The molecule has 0 unspecified atom stereocenters. The van der Waals surface area contributed by atoms with E-state index in [9.17, 15) is 9.18 Å². The first kappa shape index (κ1) is 19.8. The third-order valence-corrected chi connectivity index (χ3v) is 6.51. The summed E-state index contributed by atoms with van der Waals surface area (Å²) in [6.07, 6.45) is 3.72. The molecule has 1 aliphatic heterocycles. The largest absolute Gasteiger partial charge is 0.355 e. The van der Waals surface area contributed by atoms with Gasteiger partial charge in [0.1, 0.15) is 5.82 Å². The number of likely N-dealkylation sites (N-methyl/N-ethyl adjacent to an activating group) is 1. The first-order valence-corrected chi connectivity index (χ1v) is 11.3. The molecule has 0 radical (unpaired) electrons. The van der Waals surface area contributed by atoms with Gasteiger partial charge in [-0.3, -0.25) is 9.69 Å². The number of anilines is 2. The number of hydrogen-bond acceptors (Lipinski definition) is 5. The molecule has 4 aromatic rings. The Hall–Kier alpha value is -3.81. The molecule has 166 valence electrons. The average molecular weight is 442 g/mol. The van der Waals surface area contributed by atoms with Crippen molar-refractivity contribution in [3.05, 3.63) is 71.3 Å². The molecule has 0 spiro atoms. The second-order valence-corrected chi connectivity index (χ2v) is 8.61. The van der Waals surface area contributed by atoms with Crippen molar-refractivity contribution in [1.29, 1.82) is 0 Å². The Morgan fingerprint density at radius 2 is 1.61 bits per heavy atom. The highest BCUT2D eigenvalue weighted by Gasteiger charge is 2.34. The Kier molecular flexibility index (Phi) is 4.60. The summed E-state index contributed by atoms with van der Waals surface area (Å²) in [5, 5.41) is 4.76. The van der Waals surface area contributed by atoms with Crippen LogP contribution in [0.25, 0.3) is 16.7 Å². The number of nitrogens with zero attached hydrogens (tertiary/aromatic N) is 6. The van der Waals surface area contributed by atoms with Gasteiger partial charge in [-0.15, -0.1) is 0 Å². The van der Waals surface area contributed by atoms with E-state index >= 15 is 0 Å². The van der Waals surface area contributed by atoms with Gasteiger partial charge in [-0.25, -0.2) is 19.0 Å². The zero-order valence-corrected chi connectivity index (χ0v) is 18.3. The summed E-state index contributed by atoms with van der Waals surface area (Å²) in [5.74, 6) is 0.803. The maximum atomic E-state index is 13.9. The Morgan fingerprint density at radius 1 is 0.909 bits per heavy atom. The lowest BCUT2D eigenvalue weighted by atomic mass is 9.95. The van der Waals surface area contributed by atoms with E-state index in [4.69, 9.17) is 15.1 Å². The molecule has 2 aromatic heterocycles. The highest BCUT2D eigenvalue weighted by atomic mass is 19.1. The van der Waals surface area contributed by atoms with Crippen molar-refractivity contribution in [2.24, 2.45) is 0 Å². The van der Waals surface area contributed by atoms with Gasteiger partial charge in [0.05, 0.1) is 16.7 Å². The second kappa shape index (κ2) is 7.65. The molecule has 0 atom stereocenters. The number of carbonyl (C=O) groups excluding carboxylic acids is 1. The molecule has 0 bridgehead atoms. The Morgan fingerprint density at radius 3 is 2.36 bits per heavy atom. The standard InChI is InChI=1S/C25H23FN6O/c1-30-14-15-31(24-23(30)27-19-7-3-4-8-20(19)28-24)25(33)22-18-6-2-5-9-21(18)32(29-22)17-12-10-16(26)11-13-17/h3-4,7-8,10-13H,2,5-6,9,14-15H2,1H3. The van der Waals surface area contributed by atoms with E-state index < -0.39 is 0 Å². The smallest absolute Gasteiger partial charge is 0.280 e. The molecule has 2 aromatic carbocycles. The van der Waals surface area contributed by atoms with Crippen LogP contribution in [0.15, 0.2) is 48.5 Å². The van der Waals surface area contributed by atoms with Crippen LogP contribution in [-0.2, 0) is 12.8 Å². The van der Waals surface area contributed by atoms with Gasteiger partial charge < -0.3 is 4.90 Å². The van der Waals surface area contributed by atoms with Crippen LogP contribution in [0.3, 0.4) is 0 Å². The summed E-state index contributed by atoms with van der Waals surface area (Å²) < 4.78 is 15.3. The third-order valence-electron chi connectivity index (χ3n) is 6.51. The van der Waals surface area contributed by atoms with E-state index in [0.29, 0.717) is 30.4 Å². The second-order valence-electron chi connectivity index (χ2n) is 8.61. The summed E-state index contributed by atoms with van der Waals surface area (Å²) in [6, 6.07) is 13.9. The summed E-state index contributed by atoms with van der Waals surface area (Å²) in [7, 11) is 1.97. The van der Waals surface area contributed by atoms with E-state index in [0.717, 1.165) is 53.7 Å². The number of para-hydroxylation sites is 2. The predicted octanol–water partition coefficient (Wildman–Crippen LogP) is 3.93. The Labute approximate surface area is 190 Å². The first-order chi connectivity index (χ1) is 16.1. The normalized spacial score (nSPS) is 15.5. The lowest BCUT2D eigenvalue weighted by molar-refractivity contribution is 0.0979. The van der Waals surface area contributed by atoms with Crippen LogP contribution < -0.4 is 9.80 Å². The van der Waals surface area contributed by atoms with Crippen molar-refractivity contribution in [3.8, 4) is 5.69 Å². The van der Waals surface area contributed by atoms with Gasteiger partial charge in [0.25, 0.3) is 5.91 Å². The minimum absolute atomic E-state index is 0.159. The maximum Gasteiger partial charge on any atom is 0.280 e. The first-order valence-electron chi connectivity index (χ1n) is 11.3. The number of hydrogen-bond donors (Lipinski definition) is 0. The average Bonchev–Trinajstić information content (AvgIpc) is 3.23. The maximum absolute atomic E-state index is 13.9. The fourth-order valence-corrected chi connectivity index (χ4v) is 4.77. The lowest BCUT2D eigenvalue weighted by Crippen LogP contribution is -2.44. The van der Waals surface area contributed by atoms with Crippen molar-refractivity contribution >= 4 is 28.6 Å². The molecule has 8 heteroatoms. The van der Waals surface area contributed by atoms with Crippen molar-refractivity contribution in [2.45, 2.75) is 25.7 Å². The molecule has 0 saturated carbocycles. The summed E-state index contributed by atoms with van der Waals surface area (Å²) in [5.41, 5.74) is 4.80. The number of aromatic nitrogens is 4. The summed E-state index contributed by atoms with van der Waals surface area (Å²) in [4.78, 5) is 27.2. The van der Waals surface area contributed by atoms with E-state index in [1.165, 1.54) is 12.1 Å². The molecule has 2 aliphatic rings. The molecule has 1 aliphatic carbocycles. The van der Waals surface area contributed by atoms with Crippen molar-refractivity contribution in [2.75, 3.05) is 29.9 Å². The quantitative estimate of drug-likeness (QED) is 0.471. The molecule has 0 saturated heterocycles. The van der Waals surface area contributed by atoms with Gasteiger partial charge in [-0.05, 0) is 62.1 Å². The fourth-order valence-electron chi connectivity index (χ4n) is 4.77. The van der Waals surface area contributed by atoms with E-state index in [-0.39, 0.29) is 11.7 Å². The molecule has 6 rings (SSSR count). The van der Waals surface area contributed by atoms with Gasteiger partial charge in [0.2, 0.25) is 0 Å². The Bertz CT molecular complexity index is 1380. The SMILES string of the molecule is CN1CCN(C(=O)c2nn(-c3ccc(F)cc3)c3c2CCCC3)c2nc3ccccc3nc21. The number of benzene rings is 2. The van der Waals surface area contributed by atoms with E-state index in [2.05, 4.69) is 0 Å².